The maximum absolute atomic E-state index is 12.5. The molecule has 6 heteroatoms. The molecule has 1 aliphatic rings. The summed E-state index contributed by atoms with van der Waals surface area (Å²) in [7, 11) is 0. The van der Waals surface area contributed by atoms with Gasteiger partial charge in [-0.3, -0.25) is 4.79 Å². The summed E-state index contributed by atoms with van der Waals surface area (Å²) >= 11 is 1.44. The van der Waals surface area contributed by atoms with E-state index in [1.165, 1.54) is 21.8 Å². The van der Waals surface area contributed by atoms with Gasteiger partial charge in [-0.05, 0) is 25.3 Å². The average molecular weight is 330 g/mol. The van der Waals surface area contributed by atoms with Gasteiger partial charge in [0.1, 0.15) is 11.7 Å². The molecular formula is C17H18N2O3S. The molecule has 120 valence electrons. The van der Waals surface area contributed by atoms with Crippen LogP contribution in [0, 0.1) is 6.92 Å². The van der Waals surface area contributed by atoms with Gasteiger partial charge in [0.2, 0.25) is 0 Å². The van der Waals surface area contributed by atoms with Crippen LogP contribution in [0.3, 0.4) is 0 Å². The number of carbonyl (C=O) groups is 2. The highest BCUT2D eigenvalue weighted by atomic mass is 32.1. The van der Waals surface area contributed by atoms with E-state index >= 15 is 0 Å². The number of carbonyl (C=O) groups excluding carboxylic acids is 1. The second kappa shape index (κ2) is 6.50. The Kier molecular flexibility index (Phi) is 4.43. The second-order valence-corrected chi connectivity index (χ2v) is 6.73. The molecule has 1 saturated heterocycles. The molecule has 1 amide bonds. The summed E-state index contributed by atoms with van der Waals surface area (Å²) in [6.45, 7) is 2.53. The Morgan fingerprint density at radius 1 is 1.35 bits per heavy atom. The van der Waals surface area contributed by atoms with Gasteiger partial charge in [-0.1, -0.05) is 29.8 Å². The number of nitrogens with zero attached hydrogens (tertiary/aromatic N) is 2. The highest BCUT2D eigenvalue weighted by molar-refractivity contribution is 7.09. The summed E-state index contributed by atoms with van der Waals surface area (Å²) in [5.41, 5.74) is 2.70. The summed E-state index contributed by atoms with van der Waals surface area (Å²) < 4.78 is 0. The molecule has 0 saturated carbocycles. The monoisotopic (exact) mass is 330 g/mol. The van der Waals surface area contributed by atoms with E-state index in [4.69, 9.17) is 0 Å². The molecule has 1 atom stereocenters. The number of aryl methyl sites for hydroxylation is 1. The lowest BCUT2D eigenvalue weighted by molar-refractivity contribution is -0.141. The Morgan fingerprint density at radius 2 is 2.09 bits per heavy atom. The summed E-state index contributed by atoms with van der Waals surface area (Å²) in [6.07, 6.45) is 1.92. The normalized spacial score (nSPS) is 17.4. The highest BCUT2D eigenvalue weighted by Gasteiger charge is 2.35. The van der Waals surface area contributed by atoms with Gasteiger partial charge in [-0.25, -0.2) is 9.78 Å². The summed E-state index contributed by atoms with van der Waals surface area (Å²) in [6, 6.07) is 7.50. The number of thiazole rings is 1. The fourth-order valence-corrected chi connectivity index (χ4v) is 3.59. The number of carboxylic acids is 1. The molecule has 1 aliphatic heterocycles. The third-order valence-electron chi connectivity index (χ3n) is 4.05. The average Bonchev–Trinajstić information content (AvgIpc) is 3.18. The summed E-state index contributed by atoms with van der Waals surface area (Å²) in [5, 5.41) is 11.8. The zero-order valence-corrected chi connectivity index (χ0v) is 13.7. The van der Waals surface area contributed by atoms with E-state index in [1.807, 2.05) is 6.92 Å². The van der Waals surface area contributed by atoms with E-state index in [2.05, 4.69) is 29.2 Å². The number of rotatable bonds is 4. The predicted octanol–water partition coefficient (Wildman–Crippen LogP) is 2.73. The van der Waals surface area contributed by atoms with Crippen LogP contribution in [0.4, 0.5) is 0 Å². The minimum Gasteiger partial charge on any atom is -0.480 e. The van der Waals surface area contributed by atoms with Crippen LogP contribution in [0.15, 0.2) is 29.6 Å². The number of amides is 1. The lowest BCUT2D eigenvalue weighted by Crippen LogP contribution is -2.40. The quantitative estimate of drug-likeness (QED) is 0.936. The lowest BCUT2D eigenvalue weighted by atomic mass is 10.1. The third-order valence-corrected chi connectivity index (χ3v) is 4.89. The van der Waals surface area contributed by atoms with E-state index < -0.39 is 12.0 Å². The van der Waals surface area contributed by atoms with Crippen LogP contribution in [0.25, 0.3) is 0 Å². The minimum absolute atomic E-state index is 0.277. The van der Waals surface area contributed by atoms with Gasteiger partial charge in [-0.15, -0.1) is 11.3 Å². The second-order valence-electron chi connectivity index (χ2n) is 5.78. The van der Waals surface area contributed by atoms with Gasteiger partial charge in [0.15, 0.2) is 0 Å². The van der Waals surface area contributed by atoms with Crippen LogP contribution in [0.5, 0.6) is 0 Å². The fourth-order valence-electron chi connectivity index (χ4n) is 2.78. The standard InChI is InChI=1S/C17H18N2O3S/c1-11-4-6-12(7-5-11)9-15-18-13(10-23-15)16(20)19-8-2-3-14(19)17(21)22/h4-7,10,14H,2-3,8-9H2,1H3,(H,21,22)/t14-/m0/s1. The van der Waals surface area contributed by atoms with Gasteiger partial charge >= 0.3 is 5.97 Å². The molecule has 2 heterocycles. The Labute approximate surface area is 138 Å². The zero-order chi connectivity index (χ0) is 16.4. The first-order valence-electron chi connectivity index (χ1n) is 7.58. The van der Waals surface area contributed by atoms with Crippen molar-refractivity contribution in [3.8, 4) is 0 Å². The molecule has 1 aromatic carbocycles. The van der Waals surface area contributed by atoms with Crippen LogP contribution in [-0.4, -0.2) is 39.5 Å². The van der Waals surface area contributed by atoms with Gasteiger partial charge in [0, 0.05) is 18.3 Å². The third kappa shape index (κ3) is 3.42. The Bertz CT molecular complexity index is 724. The van der Waals surface area contributed by atoms with E-state index in [0.717, 1.165) is 17.0 Å². The molecule has 0 bridgehead atoms. The Hall–Kier alpha value is -2.21. The zero-order valence-electron chi connectivity index (χ0n) is 12.9. The van der Waals surface area contributed by atoms with Crippen molar-refractivity contribution in [2.45, 2.75) is 32.2 Å². The molecule has 0 unspecified atom stereocenters. The summed E-state index contributed by atoms with van der Waals surface area (Å²) in [4.78, 5) is 29.5. The van der Waals surface area contributed by atoms with Crippen molar-refractivity contribution in [2.75, 3.05) is 6.54 Å². The van der Waals surface area contributed by atoms with Crippen LogP contribution in [0.1, 0.15) is 39.5 Å². The molecule has 1 aromatic heterocycles. The molecule has 3 rings (SSSR count). The molecule has 23 heavy (non-hydrogen) atoms. The Morgan fingerprint density at radius 3 is 2.78 bits per heavy atom. The summed E-state index contributed by atoms with van der Waals surface area (Å²) in [5.74, 6) is -1.22. The predicted molar refractivity (Wildman–Crippen MR) is 87.8 cm³/mol. The van der Waals surface area contributed by atoms with Crippen molar-refractivity contribution in [1.82, 2.24) is 9.88 Å². The SMILES string of the molecule is Cc1ccc(Cc2nc(C(=O)N3CCC[C@H]3C(=O)O)cs2)cc1. The largest absolute Gasteiger partial charge is 0.480 e. The number of benzene rings is 1. The molecule has 2 aromatic rings. The van der Waals surface area contributed by atoms with Crippen LogP contribution in [-0.2, 0) is 11.2 Å². The van der Waals surface area contributed by atoms with E-state index in [-0.39, 0.29) is 5.91 Å². The van der Waals surface area contributed by atoms with Crippen molar-refractivity contribution < 1.29 is 14.7 Å². The molecule has 5 nitrogen and oxygen atoms in total. The highest BCUT2D eigenvalue weighted by Crippen LogP contribution is 2.22. The first kappa shape index (κ1) is 15.7. The van der Waals surface area contributed by atoms with E-state index in [0.29, 0.717) is 25.1 Å². The van der Waals surface area contributed by atoms with Gasteiger partial charge in [0.05, 0.1) is 5.01 Å². The molecule has 0 radical (unpaired) electrons. The van der Waals surface area contributed by atoms with Crippen molar-refractivity contribution in [3.05, 3.63) is 51.5 Å². The van der Waals surface area contributed by atoms with Crippen molar-refractivity contribution in [3.63, 3.8) is 0 Å². The van der Waals surface area contributed by atoms with E-state index in [1.54, 1.807) is 5.38 Å². The molecular weight excluding hydrogens is 312 g/mol. The number of likely N-dealkylation sites (tertiary alicyclic amines) is 1. The van der Waals surface area contributed by atoms with Crippen molar-refractivity contribution in [1.29, 1.82) is 0 Å². The Balaban J connectivity index is 1.72. The van der Waals surface area contributed by atoms with Crippen molar-refractivity contribution in [2.24, 2.45) is 0 Å². The maximum Gasteiger partial charge on any atom is 0.326 e. The number of aromatic nitrogens is 1. The van der Waals surface area contributed by atoms with Crippen molar-refractivity contribution >= 4 is 23.2 Å². The number of aliphatic carboxylic acids is 1. The molecule has 0 aliphatic carbocycles. The van der Waals surface area contributed by atoms with Crippen LogP contribution >= 0.6 is 11.3 Å². The maximum atomic E-state index is 12.5. The smallest absolute Gasteiger partial charge is 0.326 e. The van der Waals surface area contributed by atoms with Gasteiger partial charge in [-0.2, -0.15) is 0 Å². The first-order chi connectivity index (χ1) is 11.0. The lowest BCUT2D eigenvalue weighted by Gasteiger charge is -2.20. The van der Waals surface area contributed by atoms with Gasteiger partial charge in [0.25, 0.3) is 5.91 Å². The van der Waals surface area contributed by atoms with Gasteiger partial charge < -0.3 is 10.0 Å². The topological polar surface area (TPSA) is 70.5 Å². The number of hydrogen-bond acceptors (Lipinski definition) is 4. The first-order valence-corrected chi connectivity index (χ1v) is 8.46. The molecule has 0 spiro atoms. The minimum atomic E-state index is -0.939. The molecule has 1 fully saturated rings. The number of carboxylic acid groups (broad SMARTS) is 1. The van der Waals surface area contributed by atoms with Crippen LogP contribution in [0.2, 0.25) is 0 Å². The van der Waals surface area contributed by atoms with Crippen LogP contribution < -0.4 is 0 Å². The van der Waals surface area contributed by atoms with E-state index in [9.17, 15) is 14.7 Å². The number of hydrogen-bond donors (Lipinski definition) is 1. The fraction of sp³-hybridized carbons (Fsp3) is 0.353. The molecule has 1 N–H and O–H groups in total.